The van der Waals surface area contributed by atoms with Gasteiger partial charge in [-0.1, -0.05) is 12.1 Å². The van der Waals surface area contributed by atoms with Gasteiger partial charge in [0.05, 0.1) is 25.3 Å². The summed E-state index contributed by atoms with van der Waals surface area (Å²) >= 11 is 0. The maximum atomic E-state index is 12.3. The van der Waals surface area contributed by atoms with Gasteiger partial charge >= 0.3 is 0 Å². The number of ether oxygens (including phenoxy) is 1. The van der Waals surface area contributed by atoms with Gasteiger partial charge < -0.3 is 14.6 Å². The summed E-state index contributed by atoms with van der Waals surface area (Å²) in [7, 11) is 1.96. The predicted molar refractivity (Wildman–Crippen MR) is 90.9 cm³/mol. The van der Waals surface area contributed by atoms with Crippen LogP contribution in [0, 0.1) is 6.92 Å². The molecule has 0 atom stereocenters. The van der Waals surface area contributed by atoms with Crippen molar-refractivity contribution in [3.8, 4) is 5.75 Å². The number of fused-ring (bicyclic) bond motifs is 1. The van der Waals surface area contributed by atoms with Gasteiger partial charge in [0.25, 0.3) is 0 Å². The standard InChI is InChI=1S/C18H21N3O3/c1-13-7-8-14(20(13)2)11-19-17(22)12-21-15-5-3-4-6-16(15)24-10-9-18(21)23/h3-8H,9-12H2,1-2H3,(H,19,22). The van der Waals surface area contributed by atoms with Gasteiger partial charge in [-0.25, -0.2) is 0 Å². The third kappa shape index (κ3) is 3.27. The molecule has 0 saturated heterocycles. The van der Waals surface area contributed by atoms with Crippen LogP contribution in [-0.2, 0) is 23.2 Å². The Labute approximate surface area is 141 Å². The average molecular weight is 327 g/mol. The van der Waals surface area contributed by atoms with Crippen LogP contribution in [0.1, 0.15) is 17.8 Å². The second-order valence-electron chi connectivity index (χ2n) is 5.85. The zero-order chi connectivity index (χ0) is 17.1. The fourth-order valence-electron chi connectivity index (χ4n) is 2.73. The van der Waals surface area contributed by atoms with Crippen molar-refractivity contribution in [2.75, 3.05) is 18.1 Å². The molecule has 0 radical (unpaired) electrons. The number of benzene rings is 1. The Morgan fingerprint density at radius 3 is 2.79 bits per heavy atom. The van der Waals surface area contributed by atoms with Gasteiger partial charge in [-0.3, -0.25) is 14.5 Å². The number of rotatable bonds is 4. The molecule has 1 N–H and O–H groups in total. The van der Waals surface area contributed by atoms with Gasteiger partial charge in [0, 0.05) is 18.4 Å². The van der Waals surface area contributed by atoms with Crippen LogP contribution in [0.5, 0.6) is 5.75 Å². The zero-order valence-electron chi connectivity index (χ0n) is 13.9. The molecule has 2 aromatic rings. The number of anilines is 1. The number of carbonyl (C=O) groups is 2. The van der Waals surface area contributed by atoms with E-state index in [1.165, 1.54) is 4.90 Å². The highest BCUT2D eigenvalue weighted by molar-refractivity contribution is 6.00. The van der Waals surface area contributed by atoms with Crippen LogP contribution in [0.25, 0.3) is 0 Å². The zero-order valence-corrected chi connectivity index (χ0v) is 13.9. The van der Waals surface area contributed by atoms with Crippen LogP contribution in [0.15, 0.2) is 36.4 Å². The van der Waals surface area contributed by atoms with Crippen molar-refractivity contribution in [2.45, 2.75) is 19.9 Å². The Morgan fingerprint density at radius 1 is 1.25 bits per heavy atom. The first kappa shape index (κ1) is 16.1. The largest absolute Gasteiger partial charge is 0.491 e. The molecule has 6 nitrogen and oxygen atoms in total. The second-order valence-corrected chi connectivity index (χ2v) is 5.85. The number of aromatic nitrogens is 1. The molecule has 6 heteroatoms. The van der Waals surface area contributed by atoms with E-state index in [-0.39, 0.29) is 24.8 Å². The molecular weight excluding hydrogens is 306 g/mol. The molecule has 0 fully saturated rings. The van der Waals surface area contributed by atoms with Crippen LogP contribution in [0.2, 0.25) is 0 Å². The number of hydrogen-bond acceptors (Lipinski definition) is 3. The van der Waals surface area contributed by atoms with Crippen LogP contribution in [-0.4, -0.2) is 29.5 Å². The minimum atomic E-state index is -0.195. The molecule has 0 unspecified atom stereocenters. The molecule has 24 heavy (non-hydrogen) atoms. The van der Waals surface area contributed by atoms with E-state index in [1.54, 1.807) is 6.07 Å². The molecule has 1 aliphatic rings. The first-order valence-corrected chi connectivity index (χ1v) is 7.96. The minimum absolute atomic E-state index is 0.0113. The van der Waals surface area contributed by atoms with E-state index >= 15 is 0 Å². The summed E-state index contributed by atoms with van der Waals surface area (Å²) in [5.74, 6) is 0.331. The molecule has 3 rings (SSSR count). The van der Waals surface area contributed by atoms with E-state index in [1.807, 2.05) is 48.9 Å². The molecule has 0 spiro atoms. The molecule has 0 saturated carbocycles. The Hall–Kier alpha value is -2.76. The van der Waals surface area contributed by atoms with Gasteiger partial charge in [0.2, 0.25) is 11.8 Å². The summed E-state index contributed by atoms with van der Waals surface area (Å²) in [5.41, 5.74) is 2.80. The quantitative estimate of drug-likeness (QED) is 0.931. The topological polar surface area (TPSA) is 63.6 Å². The van der Waals surface area contributed by atoms with E-state index in [0.717, 1.165) is 11.4 Å². The summed E-state index contributed by atoms with van der Waals surface area (Å²) in [6.45, 7) is 2.76. The lowest BCUT2D eigenvalue weighted by Gasteiger charge is -2.21. The maximum absolute atomic E-state index is 12.3. The number of nitrogens with zero attached hydrogens (tertiary/aromatic N) is 2. The highest BCUT2D eigenvalue weighted by Crippen LogP contribution is 2.30. The second kappa shape index (κ2) is 6.78. The SMILES string of the molecule is Cc1ccc(CNC(=O)CN2C(=O)CCOc3ccccc32)n1C. The van der Waals surface area contributed by atoms with Crippen molar-refractivity contribution < 1.29 is 14.3 Å². The van der Waals surface area contributed by atoms with Crippen molar-refractivity contribution in [1.82, 2.24) is 9.88 Å². The number of hydrogen-bond donors (Lipinski definition) is 1. The number of para-hydroxylation sites is 2. The summed E-state index contributed by atoms with van der Waals surface area (Å²) in [4.78, 5) is 26.1. The van der Waals surface area contributed by atoms with Crippen molar-refractivity contribution in [3.05, 3.63) is 47.8 Å². The fourth-order valence-corrected chi connectivity index (χ4v) is 2.73. The van der Waals surface area contributed by atoms with Gasteiger partial charge in [0.15, 0.2) is 0 Å². The first-order chi connectivity index (χ1) is 11.6. The first-order valence-electron chi connectivity index (χ1n) is 7.96. The normalized spacial score (nSPS) is 13.9. The average Bonchev–Trinajstić information content (AvgIpc) is 2.81. The summed E-state index contributed by atoms with van der Waals surface area (Å²) < 4.78 is 7.61. The van der Waals surface area contributed by atoms with Gasteiger partial charge in [-0.05, 0) is 31.2 Å². The lowest BCUT2D eigenvalue weighted by molar-refractivity contribution is -0.124. The lowest BCUT2D eigenvalue weighted by atomic mass is 10.2. The van der Waals surface area contributed by atoms with Crippen LogP contribution in [0.4, 0.5) is 5.69 Å². The highest BCUT2D eigenvalue weighted by Gasteiger charge is 2.24. The van der Waals surface area contributed by atoms with Gasteiger partial charge in [0.1, 0.15) is 12.3 Å². The van der Waals surface area contributed by atoms with Crippen LogP contribution < -0.4 is 15.0 Å². The molecule has 1 aromatic carbocycles. The van der Waals surface area contributed by atoms with Crippen molar-refractivity contribution >= 4 is 17.5 Å². The molecule has 2 heterocycles. The Balaban J connectivity index is 1.69. The van der Waals surface area contributed by atoms with Crippen molar-refractivity contribution in [3.63, 3.8) is 0 Å². The number of carbonyl (C=O) groups excluding carboxylic acids is 2. The molecular formula is C18H21N3O3. The number of nitrogens with one attached hydrogen (secondary N) is 1. The third-order valence-corrected chi connectivity index (χ3v) is 4.28. The number of aryl methyl sites for hydroxylation is 1. The summed E-state index contributed by atoms with van der Waals surface area (Å²) in [6, 6.07) is 11.3. The van der Waals surface area contributed by atoms with E-state index in [0.29, 0.717) is 24.6 Å². The van der Waals surface area contributed by atoms with Gasteiger partial charge in [-0.2, -0.15) is 0 Å². The molecule has 0 aliphatic carbocycles. The lowest BCUT2D eigenvalue weighted by Crippen LogP contribution is -2.40. The van der Waals surface area contributed by atoms with Gasteiger partial charge in [-0.15, -0.1) is 0 Å². The third-order valence-electron chi connectivity index (χ3n) is 4.28. The molecule has 0 bridgehead atoms. The smallest absolute Gasteiger partial charge is 0.240 e. The number of amides is 2. The minimum Gasteiger partial charge on any atom is -0.491 e. The van der Waals surface area contributed by atoms with Crippen LogP contribution in [0.3, 0.4) is 0 Å². The van der Waals surface area contributed by atoms with E-state index in [2.05, 4.69) is 5.32 Å². The van der Waals surface area contributed by atoms with Crippen LogP contribution >= 0.6 is 0 Å². The molecule has 1 aliphatic heterocycles. The monoisotopic (exact) mass is 327 g/mol. The Bertz CT molecular complexity index is 767. The Morgan fingerprint density at radius 2 is 2.04 bits per heavy atom. The molecule has 1 aromatic heterocycles. The fraction of sp³-hybridized carbons (Fsp3) is 0.333. The van der Waals surface area contributed by atoms with E-state index < -0.39 is 0 Å². The van der Waals surface area contributed by atoms with Crippen molar-refractivity contribution in [1.29, 1.82) is 0 Å². The summed E-state index contributed by atoms with van der Waals surface area (Å²) in [6.07, 6.45) is 0.263. The van der Waals surface area contributed by atoms with E-state index in [9.17, 15) is 9.59 Å². The maximum Gasteiger partial charge on any atom is 0.240 e. The van der Waals surface area contributed by atoms with Crippen molar-refractivity contribution in [2.24, 2.45) is 7.05 Å². The summed E-state index contributed by atoms with van der Waals surface area (Å²) in [5, 5.41) is 2.88. The van der Waals surface area contributed by atoms with E-state index in [4.69, 9.17) is 4.74 Å². The molecule has 126 valence electrons. The predicted octanol–water partition coefficient (Wildman–Crippen LogP) is 1.77. The highest BCUT2D eigenvalue weighted by atomic mass is 16.5. The molecule has 2 amide bonds. The Kier molecular flexibility index (Phi) is 4.55.